The molecule has 0 spiro atoms. The third kappa shape index (κ3) is 2.94. The zero-order valence-corrected chi connectivity index (χ0v) is 12.3. The Hall–Kier alpha value is -2.00. The van der Waals surface area contributed by atoms with Gasteiger partial charge < -0.3 is 14.6 Å². The van der Waals surface area contributed by atoms with Gasteiger partial charge in [-0.25, -0.2) is 0 Å². The first-order valence-electron chi connectivity index (χ1n) is 6.63. The molecule has 106 valence electrons. The lowest BCUT2D eigenvalue weighted by Crippen LogP contribution is -2.00. The van der Waals surface area contributed by atoms with Crippen molar-refractivity contribution < 1.29 is 14.6 Å². The highest BCUT2D eigenvalue weighted by atomic mass is 16.5. The molecule has 0 aliphatic rings. The van der Waals surface area contributed by atoms with Crippen LogP contribution in [0, 0.1) is 13.8 Å². The van der Waals surface area contributed by atoms with E-state index < -0.39 is 6.10 Å². The number of methoxy groups -OCH3 is 1. The summed E-state index contributed by atoms with van der Waals surface area (Å²) in [7, 11) is 1.59. The van der Waals surface area contributed by atoms with Crippen molar-refractivity contribution in [1.82, 2.24) is 0 Å². The second-order valence-electron chi connectivity index (χ2n) is 4.92. The Morgan fingerprint density at radius 2 is 1.70 bits per heavy atom. The van der Waals surface area contributed by atoms with Crippen molar-refractivity contribution in [3.8, 4) is 17.2 Å². The lowest BCUT2D eigenvalue weighted by molar-refractivity contribution is 0.190. The number of aryl methyl sites for hydroxylation is 2. The number of aliphatic hydroxyl groups is 1. The molecule has 0 unspecified atom stereocenters. The summed E-state index contributed by atoms with van der Waals surface area (Å²) in [6.07, 6.45) is -0.660. The van der Waals surface area contributed by atoms with E-state index in [9.17, 15) is 5.11 Å². The number of rotatable bonds is 4. The van der Waals surface area contributed by atoms with Crippen LogP contribution in [-0.2, 0) is 0 Å². The van der Waals surface area contributed by atoms with Gasteiger partial charge in [-0.3, -0.25) is 0 Å². The van der Waals surface area contributed by atoms with E-state index in [0.29, 0.717) is 17.1 Å². The molecule has 0 radical (unpaired) electrons. The third-order valence-electron chi connectivity index (χ3n) is 3.21. The average Bonchev–Trinajstić information content (AvgIpc) is 2.41. The van der Waals surface area contributed by atoms with Gasteiger partial charge in [0.05, 0.1) is 18.8 Å². The molecule has 2 rings (SSSR count). The Morgan fingerprint density at radius 3 is 2.30 bits per heavy atom. The standard InChI is InChI=1S/C17H20O3/c1-11-8-9-14(12(2)10-11)20-16-7-5-6-15(19-4)17(16)13(3)18/h5-10,13,18H,1-4H3/t13-/m1/s1. The fourth-order valence-electron chi connectivity index (χ4n) is 2.23. The van der Waals surface area contributed by atoms with Crippen molar-refractivity contribution in [2.75, 3.05) is 7.11 Å². The first-order chi connectivity index (χ1) is 9.52. The van der Waals surface area contributed by atoms with Crippen molar-refractivity contribution in [1.29, 1.82) is 0 Å². The second-order valence-corrected chi connectivity index (χ2v) is 4.92. The Balaban J connectivity index is 2.43. The number of ether oxygens (including phenoxy) is 2. The molecule has 0 aliphatic carbocycles. The third-order valence-corrected chi connectivity index (χ3v) is 3.21. The minimum atomic E-state index is -0.660. The highest BCUT2D eigenvalue weighted by Gasteiger charge is 2.16. The first kappa shape index (κ1) is 14.4. The van der Waals surface area contributed by atoms with Gasteiger partial charge in [0.2, 0.25) is 0 Å². The van der Waals surface area contributed by atoms with Crippen LogP contribution in [0.15, 0.2) is 36.4 Å². The van der Waals surface area contributed by atoms with Crippen molar-refractivity contribution in [2.24, 2.45) is 0 Å². The van der Waals surface area contributed by atoms with Crippen LogP contribution in [-0.4, -0.2) is 12.2 Å². The molecular weight excluding hydrogens is 252 g/mol. The highest BCUT2D eigenvalue weighted by molar-refractivity contribution is 5.49. The molecule has 0 aliphatic heterocycles. The molecule has 3 heteroatoms. The minimum Gasteiger partial charge on any atom is -0.496 e. The van der Waals surface area contributed by atoms with Gasteiger partial charge in [-0.1, -0.05) is 23.8 Å². The summed E-state index contributed by atoms with van der Waals surface area (Å²) >= 11 is 0. The molecule has 0 amide bonds. The van der Waals surface area contributed by atoms with Gasteiger partial charge in [0.15, 0.2) is 0 Å². The summed E-state index contributed by atoms with van der Waals surface area (Å²) in [4.78, 5) is 0. The molecule has 0 aromatic heterocycles. The number of hydrogen-bond acceptors (Lipinski definition) is 3. The average molecular weight is 272 g/mol. The molecule has 0 saturated carbocycles. The predicted octanol–water partition coefficient (Wildman–Crippen LogP) is 4.16. The Bertz CT molecular complexity index is 603. The number of hydrogen-bond donors (Lipinski definition) is 1. The summed E-state index contributed by atoms with van der Waals surface area (Å²) in [5, 5.41) is 9.95. The van der Waals surface area contributed by atoms with Gasteiger partial charge in [0, 0.05) is 0 Å². The Morgan fingerprint density at radius 1 is 1.00 bits per heavy atom. The lowest BCUT2D eigenvalue weighted by Gasteiger charge is -2.17. The molecular formula is C17H20O3. The van der Waals surface area contributed by atoms with Crippen molar-refractivity contribution in [2.45, 2.75) is 26.9 Å². The molecule has 0 bridgehead atoms. The molecule has 2 aromatic carbocycles. The Labute approximate surface area is 119 Å². The molecule has 0 heterocycles. The zero-order chi connectivity index (χ0) is 14.7. The molecule has 1 atom stereocenters. The normalized spacial score (nSPS) is 12.1. The van der Waals surface area contributed by atoms with E-state index in [1.165, 1.54) is 5.56 Å². The second kappa shape index (κ2) is 5.97. The van der Waals surface area contributed by atoms with Crippen molar-refractivity contribution in [3.05, 3.63) is 53.1 Å². The molecule has 0 fully saturated rings. The Kier molecular flexibility index (Phi) is 4.30. The van der Waals surface area contributed by atoms with E-state index in [1.54, 1.807) is 14.0 Å². The van der Waals surface area contributed by atoms with Gasteiger partial charge in [-0.05, 0) is 44.5 Å². The van der Waals surface area contributed by atoms with E-state index in [-0.39, 0.29) is 0 Å². The maximum atomic E-state index is 9.95. The van der Waals surface area contributed by atoms with E-state index >= 15 is 0 Å². The summed E-state index contributed by atoms with van der Waals surface area (Å²) < 4.78 is 11.3. The summed E-state index contributed by atoms with van der Waals surface area (Å²) in [5.74, 6) is 2.03. The smallest absolute Gasteiger partial charge is 0.136 e. The quantitative estimate of drug-likeness (QED) is 0.908. The largest absolute Gasteiger partial charge is 0.496 e. The topological polar surface area (TPSA) is 38.7 Å². The summed E-state index contributed by atoms with van der Waals surface area (Å²) in [6, 6.07) is 11.5. The minimum absolute atomic E-state index is 0.617. The van der Waals surface area contributed by atoms with Crippen LogP contribution in [0.25, 0.3) is 0 Å². The van der Waals surface area contributed by atoms with Crippen LogP contribution >= 0.6 is 0 Å². The fourth-order valence-corrected chi connectivity index (χ4v) is 2.23. The summed E-state index contributed by atoms with van der Waals surface area (Å²) in [5.41, 5.74) is 2.91. The van der Waals surface area contributed by atoms with Gasteiger partial charge in [0.25, 0.3) is 0 Å². The van der Waals surface area contributed by atoms with Crippen LogP contribution in [0.5, 0.6) is 17.2 Å². The maximum Gasteiger partial charge on any atom is 0.136 e. The van der Waals surface area contributed by atoms with Crippen molar-refractivity contribution >= 4 is 0 Å². The molecule has 0 saturated heterocycles. The lowest BCUT2D eigenvalue weighted by atomic mass is 10.1. The fraction of sp³-hybridized carbons (Fsp3) is 0.294. The highest BCUT2D eigenvalue weighted by Crippen LogP contribution is 2.37. The maximum absolute atomic E-state index is 9.95. The molecule has 2 aromatic rings. The van der Waals surface area contributed by atoms with E-state index in [4.69, 9.17) is 9.47 Å². The number of benzene rings is 2. The zero-order valence-electron chi connectivity index (χ0n) is 12.3. The number of aliphatic hydroxyl groups excluding tert-OH is 1. The molecule has 1 N–H and O–H groups in total. The molecule has 20 heavy (non-hydrogen) atoms. The first-order valence-corrected chi connectivity index (χ1v) is 6.63. The van der Waals surface area contributed by atoms with E-state index in [2.05, 4.69) is 6.07 Å². The van der Waals surface area contributed by atoms with Gasteiger partial charge in [0.1, 0.15) is 17.2 Å². The van der Waals surface area contributed by atoms with Crippen LogP contribution < -0.4 is 9.47 Å². The predicted molar refractivity (Wildman–Crippen MR) is 79.6 cm³/mol. The van der Waals surface area contributed by atoms with Crippen LogP contribution in [0.2, 0.25) is 0 Å². The molecule has 3 nitrogen and oxygen atoms in total. The monoisotopic (exact) mass is 272 g/mol. The van der Waals surface area contributed by atoms with Crippen LogP contribution in [0.4, 0.5) is 0 Å². The van der Waals surface area contributed by atoms with Gasteiger partial charge in [-0.15, -0.1) is 0 Å². The van der Waals surface area contributed by atoms with Crippen LogP contribution in [0.1, 0.15) is 29.7 Å². The summed E-state index contributed by atoms with van der Waals surface area (Å²) in [6.45, 7) is 5.75. The van der Waals surface area contributed by atoms with Gasteiger partial charge in [-0.2, -0.15) is 0 Å². The SMILES string of the molecule is COc1cccc(Oc2ccc(C)cc2C)c1[C@@H](C)O. The van der Waals surface area contributed by atoms with Gasteiger partial charge >= 0.3 is 0 Å². The van der Waals surface area contributed by atoms with Crippen molar-refractivity contribution in [3.63, 3.8) is 0 Å². The van der Waals surface area contributed by atoms with Crippen LogP contribution in [0.3, 0.4) is 0 Å². The van der Waals surface area contributed by atoms with E-state index in [1.807, 2.05) is 44.2 Å². The van der Waals surface area contributed by atoms with E-state index in [0.717, 1.165) is 11.3 Å².